The second-order valence-corrected chi connectivity index (χ2v) is 11.8. The van der Waals surface area contributed by atoms with Gasteiger partial charge in [-0.3, -0.25) is 13.9 Å². The molecule has 0 spiro atoms. The van der Waals surface area contributed by atoms with Crippen molar-refractivity contribution in [2.45, 2.75) is 57.5 Å². The van der Waals surface area contributed by atoms with Gasteiger partial charge in [-0.25, -0.2) is 8.42 Å². The third kappa shape index (κ3) is 8.03. The molecule has 9 nitrogen and oxygen atoms in total. The van der Waals surface area contributed by atoms with Gasteiger partial charge in [-0.15, -0.1) is 0 Å². The van der Waals surface area contributed by atoms with Gasteiger partial charge in [0.2, 0.25) is 11.8 Å². The number of nitrogens with one attached hydrogen (secondary N) is 1. The number of hydrogen-bond acceptors (Lipinski definition) is 6. The van der Waals surface area contributed by atoms with E-state index in [0.717, 1.165) is 28.3 Å². The third-order valence-corrected chi connectivity index (χ3v) is 8.70. The number of methoxy groups -OCH3 is 2. The van der Waals surface area contributed by atoms with Crippen LogP contribution in [0.25, 0.3) is 0 Å². The first kappa shape index (κ1) is 32.5. The van der Waals surface area contributed by atoms with Crippen molar-refractivity contribution >= 4 is 27.5 Å². The molecule has 0 aliphatic carbocycles. The molecule has 0 bridgehead atoms. The van der Waals surface area contributed by atoms with Gasteiger partial charge in [0.1, 0.15) is 12.6 Å². The van der Waals surface area contributed by atoms with Crippen molar-refractivity contribution in [1.82, 2.24) is 10.2 Å². The number of unbranched alkanes of at least 4 members (excludes halogenated alkanes) is 1. The van der Waals surface area contributed by atoms with Crippen LogP contribution in [0.2, 0.25) is 0 Å². The summed E-state index contributed by atoms with van der Waals surface area (Å²) >= 11 is 0. The second-order valence-electron chi connectivity index (χ2n) is 9.94. The Balaban J connectivity index is 2.08. The minimum absolute atomic E-state index is 0.0298. The van der Waals surface area contributed by atoms with Crippen LogP contribution in [0.3, 0.4) is 0 Å². The van der Waals surface area contributed by atoms with Crippen molar-refractivity contribution in [3.05, 3.63) is 83.9 Å². The van der Waals surface area contributed by atoms with Crippen LogP contribution in [0, 0.1) is 6.92 Å². The second kappa shape index (κ2) is 15.3. The number of carbonyl (C=O) groups excluding carboxylic acids is 2. The van der Waals surface area contributed by atoms with Crippen LogP contribution in [0.4, 0.5) is 5.69 Å². The highest BCUT2D eigenvalue weighted by Gasteiger charge is 2.34. The third-order valence-electron chi connectivity index (χ3n) is 6.92. The summed E-state index contributed by atoms with van der Waals surface area (Å²) in [5, 5.41) is 2.94. The fourth-order valence-corrected chi connectivity index (χ4v) is 6.09. The normalized spacial score (nSPS) is 11.8. The van der Waals surface area contributed by atoms with E-state index in [1.807, 2.05) is 45.0 Å². The Labute approximate surface area is 249 Å². The van der Waals surface area contributed by atoms with Crippen LogP contribution >= 0.6 is 0 Å². The molecule has 0 aliphatic heterocycles. The number of nitrogens with zero attached hydrogens (tertiary/aromatic N) is 2. The molecule has 0 saturated carbocycles. The number of carbonyl (C=O) groups is 2. The van der Waals surface area contributed by atoms with Gasteiger partial charge in [-0.1, -0.05) is 68.3 Å². The number of sulfonamides is 1. The number of aryl methyl sites for hydroxylation is 1. The average molecular weight is 596 g/mol. The summed E-state index contributed by atoms with van der Waals surface area (Å²) in [6.45, 7) is 5.94. The van der Waals surface area contributed by atoms with E-state index in [1.165, 1.54) is 37.3 Å². The zero-order valence-corrected chi connectivity index (χ0v) is 25.8. The molecule has 1 N–H and O–H groups in total. The number of ether oxygens (including phenoxy) is 2. The summed E-state index contributed by atoms with van der Waals surface area (Å²) in [5.41, 5.74) is 2.08. The summed E-state index contributed by atoms with van der Waals surface area (Å²) < 4.78 is 39.8. The maximum Gasteiger partial charge on any atom is 0.264 e. The molecule has 3 aromatic rings. The summed E-state index contributed by atoms with van der Waals surface area (Å²) in [6, 6.07) is 19.5. The molecule has 0 saturated heterocycles. The molecule has 0 heterocycles. The number of hydrogen-bond donors (Lipinski definition) is 1. The number of anilines is 1. The van der Waals surface area contributed by atoms with Gasteiger partial charge in [0.15, 0.2) is 11.5 Å². The maximum absolute atomic E-state index is 14.2. The first-order valence-electron chi connectivity index (χ1n) is 14.1. The van der Waals surface area contributed by atoms with Crippen molar-refractivity contribution in [2.24, 2.45) is 0 Å². The van der Waals surface area contributed by atoms with E-state index in [0.29, 0.717) is 24.5 Å². The molecule has 226 valence electrons. The van der Waals surface area contributed by atoms with Crippen molar-refractivity contribution < 1.29 is 27.5 Å². The zero-order valence-electron chi connectivity index (χ0n) is 25.0. The van der Waals surface area contributed by atoms with E-state index in [9.17, 15) is 18.0 Å². The predicted octanol–water partition coefficient (Wildman–Crippen LogP) is 4.93. The number of benzene rings is 3. The molecule has 0 aliphatic rings. The lowest BCUT2D eigenvalue weighted by Crippen LogP contribution is -2.52. The predicted molar refractivity (Wildman–Crippen MR) is 164 cm³/mol. The molecule has 0 aromatic heterocycles. The molecule has 3 aromatic carbocycles. The van der Waals surface area contributed by atoms with Gasteiger partial charge in [0.25, 0.3) is 10.0 Å². The Bertz CT molecular complexity index is 1450. The zero-order chi connectivity index (χ0) is 30.7. The van der Waals surface area contributed by atoms with Gasteiger partial charge in [0, 0.05) is 19.2 Å². The smallest absolute Gasteiger partial charge is 0.264 e. The minimum atomic E-state index is -4.19. The SMILES string of the molecule is CCCCNC(=O)C(CC)N(Cc1cccc(C)c1)C(=O)CN(c1ccc(OC)c(OC)c1)S(=O)(=O)c1ccccc1. The summed E-state index contributed by atoms with van der Waals surface area (Å²) in [5.74, 6) is -0.0478. The lowest BCUT2D eigenvalue weighted by Gasteiger charge is -2.33. The molecule has 1 unspecified atom stereocenters. The van der Waals surface area contributed by atoms with Gasteiger partial charge in [0.05, 0.1) is 24.8 Å². The van der Waals surface area contributed by atoms with Crippen LogP contribution in [-0.2, 0) is 26.2 Å². The van der Waals surface area contributed by atoms with Crippen LogP contribution in [0.15, 0.2) is 77.7 Å². The molecule has 42 heavy (non-hydrogen) atoms. The Morgan fingerprint density at radius 2 is 1.62 bits per heavy atom. The monoisotopic (exact) mass is 595 g/mol. The van der Waals surface area contributed by atoms with E-state index < -0.39 is 28.5 Å². The molecular formula is C32H41N3O6S. The molecule has 0 radical (unpaired) electrons. The first-order chi connectivity index (χ1) is 20.2. The fourth-order valence-electron chi connectivity index (χ4n) is 4.66. The summed E-state index contributed by atoms with van der Waals surface area (Å²) in [6.07, 6.45) is 2.09. The van der Waals surface area contributed by atoms with E-state index in [-0.39, 0.29) is 23.0 Å². The quantitative estimate of drug-likeness (QED) is 0.250. The van der Waals surface area contributed by atoms with Gasteiger partial charge in [-0.2, -0.15) is 0 Å². The summed E-state index contributed by atoms with van der Waals surface area (Å²) in [7, 11) is -1.25. The molecule has 10 heteroatoms. The van der Waals surface area contributed by atoms with E-state index >= 15 is 0 Å². The van der Waals surface area contributed by atoms with E-state index in [4.69, 9.17) is 9.47 Å². The standard InChI is InChI=1S/C32H41N3O6S/c1-6-8-19-33-32(37)28(7-2)34(22-25-14-12-13-24(3)20-25)31(36)23-35(42(38,39)27-15-10-9-11-16-27)26-17-18-29(40-4)30(21-26)41-5/h9-18,20-21,28H,6-8,19,22-23H2,1-5H3,(H,33,37). The van der Waals surface area contributed by atoms with Crippen molar-refractivity contribution in [3.8, 4) is 11.5 Å². The molecule has 2 amide bonds. The Hall–Kier alpha value is -4.05. The average Bonchev–Trinajstić information content (AvgIpc) is 2.99. The topological polar surface area (TPSA) is 105 Å². The van der Waals surface area contributed by atoms with E-state index in [2.05, 4.69) is 5.32 Å². The van der Waals surface area contributed by atoms with Crippen LogP contribution in [0.5, 0.6) is 11.5 Å². The summed E-state index contributed by atoms with van der Waals surface area (Å²) in [4.78, 5) is 29.0. The molecule has 0 fully saturated rings. The highest BCUT2D eigenvalue weighted by molar-refractivity contribution is 7.92. The van der Waals surface area contributed by atoms with E-state index in [1.54, 1.807) is 30.3 Å². The molecule has 1 atom stereocenters. The fraction of sp³-hybridized carbons (Fsp3) is 0.375. The Kier molecular flexibility index (Phi) is 11.8. The number of amides is 2. The Morgan fingerprint density at radius 3 is 2.24 bits per heavy atom. The highest BCUT2D eigenvalue weighted by atomic mass is 32.2. The van der Waals surface area contributed by atoms with Crippen LogP contribution in [0.1, 0.15) is 44.2 Å². The lowest BCUT2D eigenvalue weighted by atomic mass is 10.1. The highest BCUT2D eigenvalue weighted by Crippen LogP contribution is 2.34. The minimum Gasteiger partial charge on any atom is -0.493 e. The Morgan fingerprint density at radius 1 is 0.905 bits per heavy atom. The van der Waals surface area contributed by atoms with Gasteiger partial charge in [-0.05, 0) is 49.6 Å². The number of rotatable bonds is 15. The van der Waals surface area contributed by atoms with Crippen molar-refractivity contribution in [1.29, 1.82) is 0 Å². The van der Waals surface area contributed by atoms with Crippen molar-refractivity contribution in [2.75, 3.05) is 31.6 Å². The first-order valence-corrected chi connectivity index (χ1v) is 15.5. The molecular weight excluding hydrogens is 554 g/mol. The maximum atomic E-state index is 14.2. The lowest BCUT2D eigenvalue weighted by molar-refractivity contribution is -0.140. The van der Waals surface area contributed by atoms with Gasteiger partial charge >= 0.3 is 0 Å². The van der Waals surface area contributed by atoms with Crippen molar-refractivity contribution in [3.63, 3.8) is 0 Å². The largest absolute Gasteiger partial charge is 0.493 e. The van der Waals surface area contributed by atoms with Gasteiger partial charge < -0.3 is 19.7 Å². The molecule has 3 rings (SSSR count). The van der Waals surface area contributed by atoms with Crippen LogP contribution < -0.4 is 19.1 Å². The van der Waals surface area contributed by atoms with Crippen LogP contribution in [-0.4, -0.2) is 58.5 Å².